The molecule has 0 aliphatic carbocycles. The molecule has 24 heavy (non-hydrogen) atoms. The van der Waals surface area contributed by atoms with Gasteiger partial charge in [0.1, 0.15) is 0 Å². The van der Waals surface area contributed by atoms with Gasteiger partial charge in [-0.3, -0.25) is 9.59 Å². The number of amides is 1. The summed E-state index contributed by atoms with van der Waals surface area (Å²) in [6, 6.07) is 0. The van der Waals surface area contributed by atoms with Crippen LogP contribution >= 0.6 is 0 Å². The quantitative estimate of drug-likeness (QED) is 0.326. The molecule has 0 spiro atoms. The van der Waals surface area contributed by atoms with Crippen molar-refractivity contribution in [2.75, 3.05) is 0 Å². The molecule has 142 valence electrons. The molecule has 0 fully saturated rings. The van der Waals surface area contributed by atoms with Crippen molar-refractivity contribution in [2.45, 2.75) is 110 Å². The third-order valence-electron chi connectivity index (χ3n) is 4.73. The highest BCUT2D eigenvalue weighted by Gasteiger charge is 2.18. The maximum Gasteiger partial charge on any atom is 0.304 e. The molecular formula is C20H39NO3. The van der Waals surface area contributed by atoms with E-state index in [0.29, 0.717) is 6.42 Å². The summed E-state index contributed by atoms with van der Waals surface area (Å²) in [5.41, 5.74) is 5.24. The summed E-state index contributed by atoms with van der Waals surface area (Å²) >= 11 is 0. The first-order valence-electron chi connectivity index (χ1n) is 10.1. The number of rotatable bonds is 18. The standard InChI is InChI=1S/C20H39NO3/c1-2-3-4-5-6-7-8-9-10-11-12-13-14-15-16-18(20(21)24)17-19(22)23/h18H,2-17H2,1H3,(H2,21,24)(H,22,23). The molecule has 0 aromatic rings. The molecule has 0 bridgehead atoms. The summed E-state index contributed by atoms with van der Waals surface area (Å²) in [5, 5.41) is 8.74. The number of unbranched alkanes of at least 4 members (excludes halogenated alkanes) is 13. The largest absolute Gasteiger partial charge is 0.481 e. The van der Waals surface area contributed by atoms with E-state index in [4.69, 9.17) is 10.8 Å². The van der Waals surface area contributed by atoms with Crippen LogP contribution in [0, 0.1) is 5.92 Å². The molecule has 1 unspecified atom stereocenters. The van der Waals surface area contributed by atoms with Crippen molar-refractivity contribution < 1.29 is 14.7 Å². The molecule has 4 heteroatoms. The van der Waals surface area contributed by atoms with Crippen molar-refractivity contribution in [3.63, 3.8) is 0 Å². The lowest BCUT2D eigenvalue weighted by atomic mass is 9.96. The zero-order valence-corrected chi connectivity index (χ0v) is 15.7. The van der Waals surface area contributed by atoms with Gasteiger partial charge in [0, 0.05) is 5.92 Å². The molecule has 0 saturated carbocycles. The molecule has 0 rings (SSSR count). The second-order valence-corrected chi connectivity index (χ2v) is 7.08. The number of hydrogen-bond acceptors (Lipinski definition) is 2. The maximum atomic E-state index is 11.2. The molecule has 3 N–H and O–H groups in total. The van der Waals surface area contributed by atoms with E-state index in [1.807, 2.05) is 0 Å². The molecule has 0 aliphatic rings. The van der Waals surface area contributed by atoms with Gasteiger partial charge in [-0.25, -0.2) is 0 Å². The SMILES string of the molecule is CCCCCCCCCCCCCCCCC(CC(=O)O)C(N)=O. The summed E-state index contributed by atoms with van der Waals surface area (Å²) in [4.78, 5) is 21.8. The summed E-state index contributed by atoms with van der Waals surface area (Å²) in [5.74, 6) is -1.92. The van der Waals surface area contributed by atoms with Crippen LogP contribution in [0.5, 0.6) is 0 Å². The predicted molar refractivity (Wildman–Crippen MR) is 99.9 cm³/mol. The summed E-state index contributed by atoms with van der Waals surface area (Å²) in [6.07, 6.45) is 18.5. The van der Waals surface area contributed by atoms with Crippen LogP contribution in [0.25, 0.3) is 0 Å². The van der Waals surface area contributed by atoms with Crippen molar-refractivity contribution in [1.82, 2.24) is 0 Å². The molecule has 0 aromatic heterocycles. The lowest BCUT2D eigenvalue weighted by Gasteiger charge is -2.10. The Morgan fingerprint density at radius 3 is 1.46 bits per heavy atom. The van der Waals surface area contributed by atoms with Gasteiger partial charge in [0.05, 0.1) is 6.42 Å². The summed E-state index contributed by atoms with van der Waals surface area (Å²) in [6.45, 7) is 2.26. The van der Waals surface area contributed by atoms with E-state index in [1.54, 1.807) is 0 Å². The Bertz CT molecular complexity index is 318. The molecule has 0 saturated heterocycles. The Morgan fingerprint density at radius 2 is 1.12 bits per heavy atom. The molecule has 0 aromatic carbocycles. The minimum atomic E-state index is -0.941. The van der Waals surface area contributed by atoms with Gasteiger partial charge in [-0.2, -0.15) is 0 Å². The van der Waals surface area contributed by atoms with Crippen molar-refractivity contribution in [3.8, 4) is 0 Å². The number of carboxylic acid groups (broad SMARTS) is 1. The highest BCUT2D eigenvalue weighted by atomic mass is 16.4. The van der Waals surface area contributed by atoms with Crippen LogP contribution < -0.4 is 5.73 Å². The van der Waals surface area contributed by atoms with E-state index >= 15 is 0 Å². The van der Waals surface area contributed by atoms with Crippen molar-refractivity contribution >= 4 is 11.9 Å². The van der Waals surface area contributed by atoms with Crippen LogP contribution in [0.2, 0.25) is 0 Å². The van der Waals surface area contributed by atoms with E-state index in [1.165, 1.54) is 77.0 Å². The zero-order valence-electron chi connectivity index (χ0n) is 15.7. The Labute approximate surface area is 148 Å². The van der Waals surface area contributed by atoms with E-state index in [9.17, 15) is 9.59 Å². The topological polar surface area (TPSA) is 80.4 Å². The van der Waals surface area contributed by atoms with Gasteiger partial charge in [-0.05, 0) is 6.42 Å². The highest BCUT2D eigenvalue weighted by molar-refractivity contribution is 5.81. The van der Waals surface area contributed by atoms with Crippen molar-refractivity contribution in [3.05, 3.63) is 0 Å². The third-order valence-corrected chi connectivity index (χ3v) is 4.73. The minimum absolute atomic E-state index is 0.131. The molecule has 0 aliphatic heterocycles. The van der Waals surface area contributed by atoms with Gasteiger partial charge in [-0.15, -0.1) is 0 Å². The Hall–Kier alpha value is -1.06. The van der Waals surface area contributed by atoms with Crippen LogP contribution in [0.4, 0.5) is 0 Å². The van der Waals surface area contributed by atoms with E-state index in [2.05, 4.69) is 6.92 Å². The fraction of sp³-hybridized carbons (Fsp3) is 0.900. The molecule has 1 atom stereocenters. The van der Waals surface area contributed by atoms with Gasteiger partial charge in [0.2, 0.25) is 5.91 Å². The number of carbonyl (C=O) groups excluding carboxylic acids is 1. The van der Waals surface area contributed by atoms with Gasteiger partial charge < -0.3 is 10.8 Å². The fourth-order valence-electron chi connectivity index (χ4n) is 3.14. The highest BCUT2D eigenvalue weighted by Crippen LogP contribution is 2.16. The van der Waals surface area contributed by atoms with Crippen molar-refractivity contribution in [1.29, 1.82) is 0 Å². The zero-order chi connectivity index (χ0) is 18.0. The summed E-state index contributed by atoms with van der Waals surface area (Å²) in [7, 11) is 0. The number of primary amides is 1. The summed E-state index contributed by atoms with van der Waals surface area (Å²) < 4.78 is 0. The van der Waals surface area contributed by atoms with Gasteiger partial charge in [-0.1, -0.05) is 96.8 Å². The normalized spacial score (nSPS) is 12.2. The number of carboxylic acids is 1. The second kappa shape index (κ2) is 16.8. The predicted octanol–water partition coefficient (Wildman–Crippen LogP) is 5.43. The number of hydrogen-bond donors (Lipinski definition) is 2. The van der Waals surface area contributed by atoms with Crippen LogP contribution in [0.15, 0.2) is 0 Å². The fourth-order valence-corrected chi connectivity index (χ4v) is 3.14. The minimum Gasteiger partial charge on any atom is -0.481 e. The number of carbonyl (C=O) groups is 2. The molecular weight excluding hydrogens is 302 g/mol. The third kappa shape index (κ3) is 15.8. The first-order valence-corrected chi connectivity index (χ1v) is 10.1. The van der Waals surface area contributed by atoms with Crippen LogP contribution in [0.1, 0.15) is 110 Å². The number of nitrogens with two attached hydrogens (primary N) is 1. The average molecular weight is 342 g/mol. The van der Waals surface area contributed by atoms with Crippen LogP contribution in [-0.2, 0) is 9.59 Å². The Morgan fingerprint density at radius 1 is 0.750 bits per heavy atom. The number of aliphatic carboxylic acids is 1. The monoisotopic (exact) mass is 341 g/mol. The Kier molecular flexibility index (Phi) is 16.0. The van der Waals surface area contributed by atoms with Crippen LogP contribution in [0.3, 0.4) is 0 Å². The maximum absolute atomic E-state index is 11.2. The second-order valence-electron chi connectivity index (χ2n) is 7.08. The molecule has 4 nitrogen and oxygen atoms in total. The smallest absolute Gasteiger partial charge is 0.304 e. The van der Waals surface area contributed by atoms with Gasteiger partial charge >= 0.3 is 5.97 Å². The Balaban J connectivity index is 3.30. The average Bonchev–Trinajstić information content (AvgIpc) is 2.53. The first kappa shape index (κ1) is 22.9. The van der Waals surface area contributed by atoms with E-state index in [-0.39, 0.29) is 6.42 Å². The van der Waals surface area contributed by atoms with Crippen LogP contribution in [-0.4, -0.2) is 17.0 Å². The van der Waals surface area contributed by atoms with Gasteiger partial charge in [0.15, 0.2) is 0 Å². The van der Waals surface area contributed by atoms with E-state index in [0.717, 1.165) is 12.8 Å². The molecule has 1 amide bonds. The molecule has 0 radical (unpaired) electrons. The van der Waals surface area contributed by atoms with Gasteiger partial charge in [0.25, 0.3) is 0 Å². The lowest BCUT2D eigenvalue weighted by molar-refractivity contribution is -0.140. The first-order chi connectivity index (χ1) is 11.6. The molecule has 0 heterocycles. The van der Waals surface area contributed by atoms with Crippen molar-refractivity contribution in [2.24, 2.45) is 11.7 Å². The lowest BCUT2D eigenvalue weighted by Crippen LogP contribution is -2.25. The van der Waals surface area contributed by atoms with E-state index < -0.39 is 17.8 Å².